The van der Waals surface area contributed by atoms with Gasteiger partial charge in [0.25, 0.3) is 0 Å². The van der Waals surface area contributed by atoms with Crippen LogP contribution in [0, 0.1) is 0 Å². The van der Waals surface area contributed by atoms with E-state index in [0.717, 1.165) is 29.2 Å². The highest BCUT2D eigenvalue weighted by molar-refractivity contribution is 5.97. The van der Waals surface area contributed by atoms with Gasteiger partial charge in [-0.25, -0.2) is 9.59 Å². The van der Waals surface area contributed by atoms with Crippen LogP contribution in [0.15, 0.2) is 24.3 Å². The lowest BCUT2D eigenvalue weighted by molar-refractivity contribution is -0.138. The summed E-state index contributed by atoms with van der Waals surface area (Å²) in [6.45, 7) is 1.26. The van der Waals surface area contributed by atoms with E-state index in [-0.39, 0.29) is 5.69 Å². The van der Waals surface area contributed by atoms with E-state index in [1.54, 1.807) is 0 Å². The van der Waals surface area contributed by atoms with Crippen molar-refractivity contribution in [1.82, 2.24) is 5.32 Å². The van der Waals surface area contributed by atoms with Crippen LogP contribution in [0.25, 0.3) is 0 Å². The molecule has 1 rings (SSSR count). The third-order valence-electron chi connectivity index (χ3n) is 2.65. The average molecular weight is 290 g/mol. The summed E-state index contributed by atoms with van der Waals surface area (Å²) in [7, 11) is 1.30. The SMILES string of the molecule is CNC(=O)N(c1ccc(C(F)(F)F)cc1)[C@@H](C)C(=O)O. The largest absolute Gasteiger partial charge is 0.480 e. The summed E-state index contributed by atoms with van der Waals surface area (Å²) in [4.78, 5) is 23.5. The third kappa shape index (κ3) is 3.40. The number of nitrogens with one attached hydrogen (secondary N) is 1. The van der Waals surface area contributed by atoms with Crippen LogP contribution in [0.5, 0.6) is 0 Å². The van der Waals surface area contributed by atoms with Crippen LogP contribution in [-0.2, 0) is 11.0 Å². The zero-order valence-electron chi connectivity index (χ0n) is 10.7. The molecule has 5 nitrogen and oxygen atoms in total. The normalized spacial score (nSPS) is 12.7. The van der Waals surface area contributed by atoms with E-state index in [1.165, 1.54) is 14.0 Å². The molecule has 0 spiro atoms. The van der Waals surface area contributed by atoms with E-state index in [1.807, 2.05) is 0 Å². The third-order valence-corrected chi connectivity index (χ3v) is 2.65. The molecule has 20 heavy (non-hydrogen) atoms. The first-order valence-corrected chi connectivity index (χ1v) is 5.59. The van der Waals surface area contributed by atoms with Crippen LogP contribution in [-0.4, -0.2) is 30.2 Å². The molecule has 1 aromatic rings. The molecule has 1 atom stereocenters. The molecular weight excluding hydrogens is 277 g/mol. The number of urea groups is 1. The molecule has 0 fully saturated rings. The second-order valence-electron chi connectivity index (χ2n) is 3.98. The number of nitrogens with zero attached hydrogens (tertiary/aromatic N) is 1. The molecule has 0 aliphatic carbocycles. The molecule has 0 heterocycles. The highest BCUT2D eigenvalue weighted by atomic mass is 19.4. The summed E-state index contributed by atoms with van der Waals surface area (Å²) < 4.78 is 37.3. The van der Waals surface area contributed by atoms with Gasteiger partial charge in [-0.15, -0.1) is 0 Å². The van der Waals surface area contributed by atoms with Crippen molar-refractivity contribution in [3.8, 4) is 0 Å². The Hall–Kier alpha value is -2.25. The summed E-state index contributed by atoms with van der Waals surface area (Å²) in [5.41, 5.74) is -0.812. The first-order valence-electron chi connectivity index (χ1n) is 5.59. The first-order chi connectivity index (χ1) is 9.18. The number of alkyl halides is 3. The number of rotatable bonds is 3. The fourth-order valence-electron chi connectivity index (χ4n) is 1.56. The predicted octanol–water partition coefficient (Wildman–Crippen LogP) is 2.32. The number of hydrogen-bond acceptors (Lipinski definition) is 2. The monoisotopic (exact) mass is 290 g/mol. The number of carboxylic acids is 1. The maximum atomic E-state index is 12.4. The van der Waals surface area contributed by atoms with Crippen molar-refractivity contribution in [2.45, 2.75) is 19.1 Å². The van der Waals surface area contributed by atoms with Crippen molar-refractivity contribution in [3.05, 3.63) is 29.8 Å². The van der Waals surface area contributed by atoms with E-state index < -0.39 is 29.8 Å². The van der Waals surface area contributed by atoms with E-state index in [2.05, 4.69) is 5.32 Å². The molecule has 0 radical (unpaired) electrons. The lowest BCUT2D eigenvalue weighted by Gasteiger charge is -2.26. The topological polar surface area (TPSA) is 69.6 Å². The second-order valence-corrected chi connectivity index (χ2v) is 3.98. The second kappa shape index (κ2) is 5.81. The fourth-order valence-corrected chi connectivity index (χ4v) is 1.56. The molecule has 0 bridgehead atoms. The number of benzene rings is 1. The first kappa shape index (κ1) is 15.8. The number of anilines is 1. The minimum Gasteiger partial charge on any atom is -0.480 e. The number of amides is 2. The molecule has 0 saturated carbocycles. The summed E-state index contributed by atoms with van der Waals surface area (Å²) in [6, 6.07) is 1.75. The van der Waals surface area contributed by atoms with Crippen LogP contribution in [0.1, 0.15) is 12.5 Å². The zero-order chi connectivity index (χ0) is 15.5. The molecule has 0 aliphatic rings. The molecule has 8 heteroatoms. The van der Waals surface area contributed by atoms with E-state index in [0.29, 0.717) is 0 Å². The maximum Gasteiger partial charge on any atom is 0.416 e. The van der Waals surface area contributed by atoms with Gasteiger partial charge in [0.1, 0.15) is 6.04 Å². The smallest absolute Gasteiger partial charge is 0.416 e. The van der Waals surface area contributed by atoms with Crippen LogP contribution in [0.2, 0.25) is 0 Å². The van der Waals surface area contributed by atoms with Gasteiger partial charge in [-0.1, -0.05) is 0 Å². The Kier molecular flexibility index (Phi) is 4.59. The summed E-state index contributed by atoms with van der Waals surface area (Å²) in [5.74, 6) is -1.27. The summed E-state index contributed by atoms with van der Waals surface area (Å²) in [6.07, 6.45) is -4.49. The molecule has 0 unspecified atom stereocenters. The highest BCUT2D eigenvalue weighted by Crippen LogP contribution is 2.30. The predicted molar refractivity (Wildman–Crippen MR) is 65.5 cm³/mol. The molecule has 1 aromatic carbocycles. The minimum absolute atomic E-state index is 0.0623. The van der Waals surface area contributed by atoms with E-state index in [4.69, 9.17) is 5.11 Å². The van der Waals surface area contributed by atoms with Crippen LogP contribution in [0.4, 0.5) is 23.7 Å². The van der Waals surface area contributed by atoms with Gasteiger partial charge in [0, 0.05) is 12.7 Å². The summed E-state index contributed by atoms with van der Waals surface area (Å²) in [5, 5.41) is 11.2. The fraction of sp³-hybridized carbons (Fsp3) is 0.333. The standard InChI is InChI=1S/C12H13F3N2O3/c1-7(10(18)19)17(11(20)16-2)9-5-3-8(4-6-9)12(13,14)15/h3-7H,1-2H3,(H,16,20)(H,18,19)/t7-/m0/s1. The van der Waals surface area contributed by atoms with Gasteiger partial charge >= 0.3 is 18.2 Å². The molecule has 0 aliphatic heterocycles. The number of halogens is 3. The lowest BCUT2D eigenvalue weighted by Crippen LogP contribution is -2.47. The Morgan fingerprint density at radius 2 is 1.75 bits per heavy atom. The molecule has 2 amide bonds. The van der Waals surface area contributed by atoms with Crippen molar-refractivity contribution in [2.24, 2.45) is 0 Å². The van der Waals surface area contributed by atoms with Gasteiger partial charge in [-0.05, 0) is 31.2 Å². The number of aliphatic carboxylic acids is 1. The van der Waals surface area contributed by atoms with Crippen molar-refractivity contribution in [3.63, 3.8) is 0 Å². The lowest BCUT2D eigenvalue weighted by atomic mass is 10.1. The van der Waals surface area contributed by atoms with Gasteiger partial charge in [0.15, 0.2) is 0 Å². The summed E-state index contributed by atoms with van der Waals surface area (Å²) >= 11 is 0. The molecule has 0 saturated heterocycles. The van der Waals surface area contributed by atoms with E-state index in [9.17, 15) is 22.8 Å². The van der Waals surface area contributed by atoms with Crippen molar-refractivity contribution < 1.29 is 27.9 Å². The van der Waals surface area contributed by atoms with Crippen molar-refractivity contribution >= 4 is 17.7 Å². The quantitative estimate of drug-likeness (QED) is 0.897. The van der Waals surface area contributed by atoms with Gasteiger partial charge in [-0.3, -0.25) is 4.90 Å². The van der Waals surface area contributed by atoms with E-state index >= 15 is 0 Å². The molecule has 2 N–H and O–H groups in total. The van der Waals surface area contributed by atoms with Gasteiger partial charge in [-0.2, -0.15) is 13.2 Å². The molecular formula is C12H13F3N2O3. The Bertz CT molecular complexity index is 500. The Morgan fingerprint density at radius 3 is 2.10 bits per heavy atom. The maximum absolute atomic E-state index is 12.4. The number of hydrogen-bond donors (Lipinski definition) is 2. The number of carbonyl (C=O) groups is 2. The molecule has 110 valence electrons. The highest BCUT2D eigenvalue weighted by Gasteiger charge is 2.31. The molecule has 0 aromatic heterocycles. The van der Waals surface area contributed by atoms with Crippen molar-refractivity contribution in [1.29, 1.82) is 0 Å². The van der Waals surface area contributed by atoms with Gasteiger partial charge < -0.3 is 10.4 Å². The Balaban J connectivity index is 3.15. The number of carbonyl (C=O) groups excluding carboxylic acids is 1. The van der Waals surface area contributed by atoms with Crippen LogP contribution in [0.3, 0.4) is 0 Å². The van der Waals surface area contributed by atoms with Crippen LogP contribution < -0.4 is 10.2 Å². The zero-order valence-corrected chi connectivity index (χ0v) is 10.7. The van der Waals surface area contributed by atoms with Gasteiger partial charge in [0.05, 0.1) is 5.56 Å². The van der Waals surface area contributed by atoms with Gasteiger partial charge in [0.2, 0.25) is 0 Å². The average Bonchev–Trinajstić information content (AvgIpc) is 2.38. The minimum atomic E-state index is -4.49. The Morgan fingerprint density at radius 1 is 1.25 bits per heavy atom. The van der Waals surface area contributed by atoms with Crippen molar-refractivity contribution in [2.75, 3.05) is 11.9 Å². The Labute approximate surface area is 113 Å². The van der Waals surface area contributed by atoms with Crippen LogP contribution >= 0.6 is 0 Å². The number of carboxylic acid groups (broad SMARTS) is 1.